The third-order valence-electron chi connectivity index (χ3n) is 5.00. The molecule has 0 spiro atoms. The summed E-state index contributed by atoms with van der Waals surface area (Å²) in [6, 6.07) is 18.2. The van der Waals surface area contributed by atoms with Crippen molar-refractivity contribution < 1.29 is 18.3 Å². The standard InChI is InChI=1S/C24H15F2N5O2/c25-16-3-1-2-15(11-16)23(32)21-12-19(7-8-20(21)24-28-30-31-29-24)33-13-18-6-4-14-10-17(26)5-9-22(14)27-18/h1-12H,13H2,(H,28,29,30,31). The van der Waals surface area contributed by atoms with Crippen LogP contribution in [0.4, 0.5) is 8.78 Å². The molecule has 0 radical (unpaired) electrons. The maximum atomic E-state index is 13.7. The van der Waals surface area contributed by atoms with Gasteiger partial charge in [-0.3, -0.25) is 4.79 Å². The van der Waals surface area contributed by atoms with Crippen molar-refractivity contribution in [1.29, 1.82) is 0 Å². The fraction of sp³-hybridized carbons (Fsp3) is 0.0417. The molecule has 2 aromatic heterocycles. The van der Waals surface area contributed by atoms with Crippen LogP contribution in [0.15, 0.2) is 72.8 Å². The molecule has 0 saturated carbocycles. The fourth-order valence-corrected chi connectivity index (χ4v) is 3.43. The monoisotopic (exact) mass is 443 g/mol. The molecule has 0 amide bonds. The third kappa shape index (κ3) is 4.29. The Morgan fingerprint density at radius 1 is 0.939 bits per heavy atom. The molecule has 3 aromatic carbocycles. The van der Waals surface area contributed by atoms with E-state index >= 15 is 0 Å². The number of halogens is 2. The molecule has 0 bridgehead atoms. The predicted octanol–water partition coefficient (Wildman–Crippen LogP) is 4.50. The summed E-state index contributed by atoms with van der Waals surface area (Å²) in [6.45, 7) is 0.127. The molecule has 162 valence electrons. The fourth-order valence-electron chi connectivity index (χ4n) is 3.43. The second-order valence-corrected chi connectivity index (χ2v) is 7.21. The first-order valence-electron chi connectivity index (χ1n) is 9.93. The minimum atomic E-state index is -0.517. The van der Waals surface area contributed by atoms with Gasteiger partial charge in [0.2, 0.25) is 5.82 Å². The van der Waals surface area contributed by atoms with Crippen LogP contribution in [-0.4, -0.2) is 31.4 Å². The van der Waals surface area contributed by atoms with E-state index in [4.69, 9.17) is 4.74 Å². The van der Waals surface area contributed by atoms with Crippen molar-refractivity contribution in [2.45, 2.75) is 6.61 Å². The topological polar surface area (TPSA) is 93.6 Å². The summed E-state index contributed by atoms with van der Waals surface area (Å²) >= 11 is 0. The summed E-state index contributed by atoms with van der Waals surface area (Å²) in [5.74, 6) is -0.625. The number of ether oxygens (including phenoxy) is 1. The molecule has 0 aliphatic rings. The number of carbonyl (C=O) groups excluding carboxylic acids is 1. The van der Waals surface area contributed by atoms with Gasteiger partial charge >= 0.3 is 0 Å². The van der Waals surface area contributed by atoms with E-state index in [1.165, 1.54) is 30.3 Å². The minimum absolute atomic E-state index is 0.127. The minimum Gasteiger partial charge on any atom is -0.487 e. The molecular formula is C24H15F2N5O2. The molecule has 0 unspecified atom stereocenters. The number of tetrazole rings is 1. The Hall–Kier alpha value is -4.53. The van der Waals surface area contributed by atoms with Crippen LogP contribution in [0.1, 0.15) is 21.6 Å². The van der Waals surface area contributed by atoms with Gasteiger partial charge in [-0.25, -0.2) is 13.8 Å². The zero-order chi connectivity index (χ0) is 22.8. The summed E-state index contributed by atoms with van der Waals surface area (Å²) in [4.78, 5) is 17.6. The van der Waals surface area contributed by atoms with E-state index in [1.54, 1.807) is 36.4 Å². The number of H-pyrrole nitrogens is 1. The van der Waals surface area contributed by atoms with E-state index in [-0.39, 0.29) is 29.4 Å². The first kappa shape index (κ1) is 20.4. The number of fused-ring (bicyclic) bond motifs is 1. The smallest absolute Gasteiger partial charge is 0.205 e. The lowest BCUT2D eigenvalue weighted by molar-refractivity contribution is 0.103. The Bertz CT molecular complexity index is 1470. The van der Waals surface area contributed by atoms with Crippen LogP contribution in [0.25, 0.3) is 22.3 Å². The maximum absolute atomic E-state index is 13.7. The highest BCUT2D eigenvalue weighted by Crippen LogP contribution is 2.28. The molecule has 2 heterocycles. The van der Waals surface area contributed by atoms with Gasteiger partial charge in [0.05, 0.1) is 11.2 Å². The number of rotatable bonds is 6. The van der Waals surface area contributed by atoms with E-state index in [0.717, 1.165) is 6.07 Å². The highest BCUT2D eigenvalue weighted by molar-refractivity contribution is 6.12. The summed E-state index contributed by atoms with van der Waals surface area (Å²) < 4.78 is 32.9. The van der Waals surface area contributed by atoms with Crippen molar-refractivity contribution in [1.82, 2.24) is 25.6 Å². The normalized spacial score (nSPS) is 11.0. The Morgan fingerprint density at radius 3 is 2.64 bits per heavy atom. The van der Waals surface area contributed by atoms with Crippen LogP contribution in [0.3, 0.4) is 0 Å². The van der Waals surface area contributed by atoms with Crippen molar-refractivity contribution in [3.8, 4) is 17.1 Å². The number of aromatic nitrogens is 5. The molecule has 7 nitrogen and oxygen atoms in total. The first-order valence-corrected chi connectivity index (χ1v) is 9.93. The second kappa shape index (κ2) is 8.54. The molecule has 0 atom stereocenters. The van der Waals surface area contributed by atoms with Crippen LogP contribution >= 0.6 is 0 Å². The van der Waals surface area contributed by atoms with Crippen molar-refractivity contribution in [2.24, 2.45) is 0 Å². The number of ketones is 1. The van der Waals surface area contributed by atoms with Crippen molar-refractivity contribution in [2.75, 3.05) is 0 Å². The summed E-state index contributed by atoms with van der Waals surface area (Å²) in [5.41, 5.74) is 2.12. The number of nitrogens with one attached hydrogen (secondary N) is 1. The van der Waals surface area contributed by atoms with E-state index in [2.05, 4.69) is 25.6 Å². The number of pyridine rings is 1. The van der Waals surface area contributed by atoms with Crippen LogP contribution in [-0.2, 0) is 6.61 Å². The van der Waals surface area contributed by atoms with Crippen LogP contribution in [0.5, 0.6) is 5.75 Å². The Balaban J connectivity index is 1.45. The molecule has 5 aromatic rings. The molecule has 0 fully saturated rings. The van der Waals surface area contributed by atoms with E-state index in [1.807, 2.05) is 0 Å². The number of hydrogen-bond donors (Lipinski definition) is 1. The molecule has 0 aliphatic heterocycles. The Morgan fingerprint density at radius 2 is 1.82 bits per heavy atom. The van der Waals surface area contributed by atoms with Gasteiger partial charge in [0.15, 0.2) is 5.78 Å². The van der Waals surface area contributed by atoms with Gasteiger partial charge in [0, 0.05) is 22.1 Å². The van der Waals surface area contributed by atoms with E-state index in [9.17, 15) is 13.6 Å². The average molecular weight is 443 g/mol. The van der Waals surface area contributed by atoms with Gasteiger partial charge in [0.1, 0.15) is 24.0 Å². The van der Waals surface area contributed by atoms with Crippen molar-refractivity contribution in [3.63, 3.8) is 0 Å². The SMILES string of the molecule is O=C(c1cccc(F)c1)c1cc(OCc2ccc3cc(F)ccc3n2)ccc1-c1nn[nH]n1. The molecule has 9 heteroatoms. The predicted molar refractivity (Wildman–Crippen MR) is 115 cm³/mol. The highest BCUT2D eigenvalue weighted by atomic mass is 19.1. The van der Waals surface area contributed by atoms with E-state index < -0.39 is 11.6 Å². The molecule has 0 aliphatic carbocycles. The summed E-state index contributed by atoms with van der Waals surface area (Å²) in [7, 11) is 0. The number of aromatic amines is 1. The van der Waals surface area contributed by atoms with Gasteiger partial charge in [-0.1, -0.05) is 18.2 Å². The number of hydrogen-bond acceptors (Lipinski definition) is 6. The zero-order valence-corrected chi connectivity index (χ0v) is 17.0. The number of nitrogens with zero attached hydrogens (tertiary/aromatic N) is 4. The van der Waals surface area contributed by atoms with Gasteiger partial charge in [-0.15, -0.1) is 10.2 Å². The molecule has 33 heavy (non-hydrogen) atoms. The first-order chi connectivity index (χ1) is 16.1. The van der Waals surface area contributed by atoms with Gasteiger partial charge in [0.25, 0.3) is 0 Å². The Kier molecular flexibility index (Phi) is 5.27. The van der Waals surface area contributed by atoms with Crippen LogP contribution < -0.4 is 4.74 Å². The average Bonchev–Trinajstić information content (AvgIpc) is 3.37. The second-order valence-electron chi connectivity index (χ2n) is 7.21. The lowest BCUT2D eigenvalue weighted by Crippen LogP contribution is -2.06. The van der Waals surface area contributed by atoms with Gasteiger partial charge in [-0.2, -0.15) is 5.21 Å². The van der Waals surface area contributed by atoms with Gasteiger partial charge in [-0.05, 0) is 59.8 Å². The number of carbonyl (C=O) groups is 1. The van der Waals surface area contributed by atoms with Crippen LogP contribution in [0, 0.1) is 11.6 Å². The third-order valence-corrected chi connectivity index (χ3v) is 5.00. The zero-order valence-electron chi connectivity index (χ0n) is 17.0. The molecule has 1 N–H and O–H groups in total. The van der Waals surface area contributed by atoms with E-state index in [0.29, 0.717) is 27.9 Å². The van der Waals surface area contributed by atoms with Gasteiger partial charge < -0.3 is 4.74 Å². The lowest BCUT2D eigenvalue weighted by atomic mass is 9.97. The molecular weight excluding hydrogens is 428 g/mol. The largest absolute Gasteiger partial charge is 0.487 e. The Labute approximate surface area is 186 Å². The number of benzene rings is 3. The lowest BCUT2D eigenvalue weighted by Gasteiger charge is -2.11. The van der Waals surface area contributed by atoms with Crippen molar-refractivity contribution in [3.05, 3.63) is 101 Å². The molecule has 0 saturated heterocycles. The quantitative estimate of drug-likeness (QED) is 0.388. The maximum Gasteiger partial charge on any atom is 0.205 e. The molecule has 5 rings (SSSR count). The summed E-state index contributed by atoms with van der Waals surface area (Å²) in [6.07, 6.45) is 0. The summed E-state index contributed by atoms with van der Waals surface area (Å²) in [5, 5.41) is 14.5. The van der Waals surface area contributed by atoms with Crippen LogP contribution in [0.2, 0.25) is 0 Å². The van der Waals surface area contributed by atoms with Crippen molar-refractivity contribution >= 4 is 16.7 Å². The highest BCUT2D eigenvalue weighted by Gasteiger charge is 2.19.